The fourth-order valence-corrected chi connectivity index (χ4v) is 1.87. The normalized spacial score (nSPS) is 12.1. The first-order chi connectivity index (χ1) is 6.49. The van der Waals surface area contributed by atoms with Crippen LogP contribution < -0.4 is 11.5 Å². The Morgan fingerprint density at radius 1 is 1.47 bits per heavy atom. The summed E-state index contributed by atoms with van der Waals surface area (Å²) in [6, 6.07) is 1.38. The molecule has 5 heteroatoms. The highest BCUT2D eigenvalue weighted by atomic mass is 79.9. The van der Waals surface area contributed by atoms with Crippen LogP contribution in [-0.2, 0) is 0 Å². The Morgan fingerprint density at radius 3 is 2.47 bits per heavy atom. The van der Waals surface area contributed by atoms with Gasteiger partial charge in [0.05, 0.1) is 0 Å². The van der Waals surface area contributed by atoms with Gasteiger partial charge in [-0.2, -0.15) is 0 Å². The first-order valence-electron chi connectivity index (χ1n) is 4.43. The van der Waals surface area contributed by atoms with Crippen LogP contribution in [0.3, 0.4) is 0 Å². The third-order valence-electron chi connectivity index (χ3n) is 2.33. The molecule has 0 radical (unpaired) electrons. The highest BCUT2D eigenvalue weighted by molar-refractivity contribution is 9.10. The molecule has 0 unspecified atom stereocenters. The molecule has 1 aromatic carbocycles. The van der Waals surface area contributed by atoms with E-state index in [-0.39, 0.29) is 24.2 Å². The van der Waals surface area contributed by atoms with Crippen LogP contribution in [0.25, 0.3) is 0 Å². The number of phenolic OH excluding ortho intramolecular Hbond substituents is 1. The molecule has 0 fully saturated rings. The van der Waals surface area contributed by atoms with Crippen LogP contribution in [0.1, 0.15) is 22.7 Å². The van der Waals surface area contributed by atoms with Gasteiger partial charge in [-0.1, -0.05) is 15.9 Å². The highest BCUT2D eigenvalue weighted by Gasteiger charge is 2.15. The van der Waals surface area contributed by atoms with Crippen molar-refractivity contribution in [1.82, 2.24) is 0 Å². The topological polar surface area (TPSA) is 72.3 Å². The van der Waals surface area contributed by atoms with E-state index in [0.717, 1.165) is 21.2 Å². The van der Waals surface area contributed by atoms with Crippen LogP contribution in [0.5, 0.6) is 5.75 Å². The van der Waals surface area contributed by atoms with E-state index >= 15 is 0 Å². The summed E-state index contributed by atoms with van der Waals surface area (Å²) in [7, 11) is 0. The lowest BCUT2D eigenvalue weighted by molar-refractivity contribution is 0.460. The number of phenols is 1. The van der Waals surface area contributed by atoms with E-state index in [1.807, 2.05) is 13.8 Å². The maximum Gasteiger partial charge on any atom is 0.121 e. The average Bonchev–Trinajstić information content (AvgIpc) is 2.14. The summed E-state index contributed by atoms with van der Waals surface area (Å²) < 4.78 is 0.981. The molecule has 0 saturated heterocycles. The van der Waals surface area contributed by atoms with Crippen LogP contribution >= 0.6 is 28.3 Å². The van der Waals surface area contributed by atoms with Gasteiger partial charge < -0.3 is 16.6 Å². The molecular formula is C10H16BrClN2O. The molecule has 1 atom stereocenters. The fourth-order valence-electron chi connectivity index (χ4n) is 1.54. The maximum atomic E-state index is 9.74. The van der Waals surface area contributed by atoms with Crippen molar-refractivity contribution in [3.05, 3.63) is 27.2 Å². The Labute approximate surface area is 104 Å². The quantitative estimate of drug-likeness (QED) is 0.783. The minimum atomic E-state index is -0.313. The first kappa shape index (κ1) is 14.7. The number of rotatable bonds is 2. The molecule has 0 heterocycles. The summed E-state index contributed by atoms with van der Waals surface area (Å²) in [6.07, 6.45) is 0. The Balaban J connectivity index is 0.00000196. The number of hydrogen-bond acceptors (Lipinski definition) is 3. The van der Waals surface area contributed by atoms with E-state index in [1.165, 1.54) is 0 Å². The van der Waals surface area contributed by atoms with Crippen molar-refractivity contribution in [2.75, 3.05) is 6.54 Å². The lowest BCUT2D eigenvalue weighted by Crippen LogP contribution is -2.22. The Bertz CT molecular complexity index is 358. The van der Waals surface area contributed by atoms with Gasteiger partial charge in [0.1, 0.15) is 5.75 Å². The molecule has 0 saturated carbocycles. The van der Waals surface area contributed by atoms with Gasteiger partial charge in [0, 0.05) is 22.6 Å². The van der Waals surface area contributed by atoms with Crippen molar-refractivity contribution in [1.29, 1.82) is 0 Å². The minimum absolute atomic E-state index is 0. The second-order valence-electron chi connectivity index (χ2n) is 3.41. The zero-order valence-corrected chi connectivity index (χ0v) is 11.2. The monoisotopic (exact) mass is 294 g/mol. The van der Waals surface area contributed by atoms with E-state index in [1.54, 1.807) is 6.07 Å². The van der Waals surface area contributed by atoms with Crippen molar-refractivity contribution < 1.29 is 5.11 Å². The summed E-state index contributed by atoms with van der Waals surface area (Å²) in [4.78, 5) is 0. The Hall–Kier alpha value is -0.290. The van der Waals surface area contributed by atoms with E-state index in [2.05, 4.69) is 15.9 Å². The zero-order chi connectivity index (χ0) is 10.9. The SMILES string of the molecule is Cc1cc(O)c([C@H](N)CN)c(C)c1Br.Cl. The van der Waals surface area contributed by atoms with Crippen molar-refractivity contribution >= 4 is 28.3 Å². The Kier molecular flexibility index (Phi) is 5.59. The van der Waals surface area contributed by atoms with Crippen LogP contribution in [0.2, 0.25) is 0 Å². The Morgan fingerprint density at radius 2 is 2.00 bits per heavy atom. The standard InChI is InChI=1S/C10H15BrN2O.ClH/c1-5-3-8(14)9(7(13)4-12)6(2)10(5)11;/h3,7,14H,4,12-13H2,1-2H3;1H/t7-;/m1./s1. The highest BCUT2D eigenvalue weighted by Crippen LogP contribution is 2.33. The lowest BCUT2D eigenvalue weighted by atomic mass is 9.98. The fraction of sp³-hybridized carbons (Fsp3) is 0.400. The first-order valence-corrected chi connectivity index (χ1v) is 5.22. The summed E-state index contributed by atoms with van der Waals surface area (Å²) >= 11 is 3.45. The molecule has 0 spiro atoms. The van der Waals surface area contributed by atoms with E-state index in [4.69, 9.17) is 11.5 Å². The molecule has 15 heavy (non-hydrogen) atoms. The maximum absolute atomic E-state index is 9.74. The average molecular weight is 296 g/mol. The van der Waals surface area contributed by atoms with E-state index < -0.39 is 0 Å². The number of hydrogen-bond donors (Lipinski definition) is 3. The van der Waals surface area contributed by atoms with Crippen LogP contribution in [0, 0.1) is 13.8 Å². The molecule has 1 rings (SSSR count). The molecule has 5 N–H and O–H groups in total. The van der Waals surface area contributed by atoms with Crippen LogP contribution in [-0.4, -0.2) is 11.7 Å². The number of aromatic hydroxyl groups is 1. The number of halogens is 2. The molecule has 86 valence electrons. The lowest BCUT2D eigenvalue weighted by Gasteiger charge is -2.17. The number of nitrogens with two attached hydrogens (primary N) is 2. The third kappa shape index (κ3) is 2.84. The van der Waals surface area contributed by atoms with Crippen molar-refractivity contribution in [3.8, 4) is 5.75 Å². The van der Waals surface area contributed by atoms with Gasteiger partial charge in [-0.05, 0) is 31.0 Å². The van der Waals surface area contributed by atoms with Crippen molar-refractivity contribution in [2.45, 2.75) is 19.9 Å². The summed E-state index contributed by atoms with van der Waals surface area (Å²) in [5.41, 5.74) is 14.0. The van der Waals surface area contributed by atoms with Gasteiger partial charge in [0.2, 0.25) is 0 Å². The minimum Gasteiger partial charge on any atom is -0.508 e. The third-order valence-corrected chi connectivity index (χ3v) is 3.55. The van der Waals surface area contributed by atoms with Gasteiger partial charge in [0.15, 0.2) is 0 Å². The molecule has 0 aromatic heterocycles. The molecule has 0 bridgehead atoms. The van der Waals surface area contributed by atoms with Crippen LogP contribution in [0.15, 0.2) is 10.5 Å². The van der Waals surface area contributed by atoms with Gasteiger partial charge in [0.25, 0.3) is 0 Å². The van der Waals surface area contributed by atoms with Gasteiger partial charge in [-0.15, -0.1) is 12.4 Å². The number of benzene rings is 1. The predicted molar refractivity (Wildman–Crippen MR) is 68.5 cm³/mol. The summed E-state index contributed by atoms with van der Waals surface area (Å²) in [6.45, 7) is 4.17. The molecule has 0 aliphatic rings. The second kappa shape index (κ2) is 5.70. The largest absolute Gasteiger partial charge is 0.508 e. The smallest absolute Gasteiger partial charge is 0.121 e. The number of aryl methyl sites for hydroxylation is 1. The zero-order valence-electron chi connectivity index (χ0n) is 8.75. The molecule has 0 aliphatic carbocycles. The molecule has 3 nitrogen and oxygen atoms in total. The molecule has 1 aromatic rings. The van der Waals surface area contributed by atoms with Crippen LogP contribution in [0.4, 0.5) is 0 Å². The van der Waals surface area contributed by atoms with E-state index in [0.29, 0.717) is 6.54 Å². The van der Waals surface area contributed by atoms with Gasteiger partial charge in [-0.3, -0.25) is 0 Å². The van der Waals surface area contributed by atoms with Crippen molar-refractivity contribution in [3.63, 3.8) is 0 Å². The molecule has 0 amide bonds. The molecular weight excluding hydrogens is 279 g/mol. The van der Waals surface area contributed by atoms with Gasteiger partial charge in [-0.25, -0.2) is 0 Å². The predicted octanol–water partition coefficient (Wildman–Crippen LogP) is 2.15. The second-order valence-corrected chi connectivity index (χ2v) is 4.20. The van der Waals surface area contributed by atoms with Crippen molar-refractivity contribution in [2.24, 2.45) is 11.5 Å². The van der Waals surface area contributed by atoms with E-state index in [9.17, 15) is 5.11 Å². The van der Waals surface area contributed by atoms with Gasteiger partial charge >= 0.3 is 0 Å². The summed E-state index contributed by atoms with van der Waals surface area (Å²) in [5.74, 6) is 0.223. The molecule has 0 aliphatic heterocycles. The summed E-state index contributed by atoms with van der Waals surface area (Å²) in [5, 5.41) is 9.74.